The first-order valence-electron chi connectivity index (χ1n) is 8.50. The molecule has 24 heavy (non-hydrogen) atoms. The van der Waals surface area contributed by atoms with Gasteiger partial charge < -0.3 is 14.2 Å². The number of hydrogen-bond acceptors (Lipinski definition) is 4. The minimum absolute atomic E-state index is 0.601. The Morgan fingerprint density at radius 2 is 1.83 bits per heavy atom. The lowest BCUT2D eigenvalue weighted by molar-refractivity contribution is 0.222. The number of ether oxygens (including phenoxy) is 1. The summed E-state index contributed by atoms with van der Waals surface area (Å²) in [4.78, 5) is 11.2. The van der Waals surface area contributed by atoms with E-state index in [1.165, 1.54) is 5.52 Å². The molecule has 3 heterocycles. The van der Waals surface area contributed by atoms with Crippen LogP contribution in [0.15, 0.2) is 48.8 Å². The number of anilines is 1. The molecule has 1 aliphatic heterocycles. The molecule has 1 saturated heterocycles. The minimum Gasteiger partial charge on any atom is -0.493 e. The maximum Gasteiger partial charge on any atom is 0.206 e. The number of para-hydroxylation sites is 2. The van der Waals surface area contributed by atoms with Crippen molar-refractivity contribution in [2.24, 2.45) is 13.0 Å². The second kappa shape index (κ2) is 6.51. The van der Waals surface area contributed by atoms with Gasteiger partial charge in [0.1, 0.15) is 5.75 Å². The number of piperidine rings is 1. The van der Waals surface area contributed by atoms with Gasteiger partial charge in [0.25, 0.3) is 0 Å². The number of imidazole rings is 1. The van der Waals surface area contributed by atoms with E-state index >= 15 is 0 Å². The molecule has 0 N–H and O–H groups in total. The lowest BCUT2D eigenvalue weighted by atomic mass is 9.98. The van der Waals surface area contributed by atoms with Gasteiger partial charge in [0.15, 0.2) is 0 Å². The highest BCUT2D eigenvalue weighted by molar-refractivity contribution is 5.78. The quantitative estimate of drug-likeness (QED) is 0.739. The molecule has 0 bridgehead atoms. The molecule has 3 aromatic rings. The fraction of sp³-hybridized carbons (Fsp3) is 0.368. The van der Waals surface area contributed by atoms with Crippen molar-refractivity contribution in [2.45, 2.75) is 12.8 Å². The van der Waals surface area contributed by atoms with E-state index in [4.69, 9.17) is 9.72 Å². The number of hydrogen-bond donors (Lipinski definition) is 0. The van der Waals surface area contributed by atoms with E-state index in [1.54, 1.807) is 12.4 Å². The molecule has 1 aromatic carbocycles. The smallest absolute Gasteiger partial charge is 0.206 e. The molecule has 124 valence electrons. The first-order chi connectivity index (χ1) is 11.8. The Hall–Kier alpha value is -2.56. The van der Waals surface area contributed by atoms with E-state index in [0.29, 0.717) is 5.92 Å². The van der Waals surface area contributed by atoms with Crippen molar-refractivity contribution in [3.8, 4) is 5.75 Å². The largest absolute Gasteiger partial charge is 0.493 e. The van der Waals surface area contributed by atoms with Crippen molar-refractivity contribution in [3.63, 3.8) is 0 Å². The third-order valence-corrected chi connectivity index (χ3v) is 4.80. The third-order valence-electron chi connectivity index (χ3n) is 4.80. The first-order valence-corrected chi connectivity index (χ1v) is 8.50. The van der Waals surface area contributed by atoms with Gasteiger partial charge in [0.2, 0.25) is 5.95 Å². The van der Waals surface area contributed by atoms with Crippen molar-refractivity contribution in [2.75, 3.05) is 24.6 Å². The van der Waals surface area contributed by atoms with E-state index in [0.717, 1.165) is 49.8 Å². The van der Waals surface area contributed by atoms with Crippen LogP contribution < -0.4 is 9.64 Å². The molecule has 2 aromatic heterocycles. The average molecular weight is 322 g/mol. The normalized spacial score (nSPS) is 15.8. The monoisotopic (exact) mass is 322 g/mol. The van der Waals surface area contributed by atoms with Crippen LogP contribution in [0.2, 0.25) is 0 Å². The number of aromatic nitrogens is 3. The van der Waals surface area contributed by atoms with Gasteiger partial charge in [-0.1, -0.05) is 12.1 Å². The lowest BCUT2D eigenvalue weighted by Crippen LogP contribution is -2.37. The predicted octanol–water partition coefficient (Wildman–Crippen LogP) is 3.26. The number of fused-ring (bicyclic) bond motifs is 1. The highest BCUT2D eigenvalue weighted by atomic mass is 16.5. The van der Waals surface area contributed by atoms with Crippen LogP contribution in [-0.2, 0) is 7.05 Å². The Morgan fingerprint density at radius 3 is 2.58 bits per heavy atom. The molecule has 5 nitrogen and oxygen atoms in total. The number of nitrogens with zero attached hydrogens (tertiary/aromatic N) is 4. The molecule has 5 heteroatoms. The van der Waals surface area contributed by atoms with Gasteiger partial charge in [0.05, 0.1) is 17.6 Å². The Labute approximate surface area is 141 Å². The fourth-order valence-electron chi connectivity index (χ4n) is 3.36. The van der Waals surface area contributed by atoms with Crippen molar-refractivity contribution in [1.29, 1.82) is 0 Å². The van der Waals surface area contributed by atoms with Gasteiger partial charge in [-0.15, -0.1) is 0 Å². The molecule has 0 amide bonds. The van der Waals surface area contributed by atoms with Crippen LogP contribution in [0, 0.1) is 5.92 Å². The summed E-state index contributed by atoms with van der Waals surface area (Å²) in [5.74, 6) is 2.58. The van der Waals surface area contributed by atoms with Crippen molar-refractivity contribution in [3.05, 3.63) is 48.8 Å². The van der Waals surface area contributed by atoms with Crippen LogP contribution in [0.1, 0.15) is 12.8 Å². The van der Waals surface area contributed by atoms with Gasteiger partial charge in [-0.25, -0.2) is 4.98 Å². The molecule has 1 fully saturated rings. The summed E-state index contributed by atoms with van der Waals surface area (Å²) >= 11 is 0. The van der Waals surface area contributed by atoms with Gasteiger partial charge in [-0.2, -0.15) is 0 Å². The van der Waals surface area contributed by atoms with Crippen LogP contribution >= 0.6 is 0 Å². The van der Waals surface area contributed by atoms with Crippen LogP contribution in [-0.4, -0.2) is 34.2 Å². The zero-order valence-electron chi connectivity index (χ0n) is 13.9. The maximum absolute atomic E-state index is 5.88. The molecule has 0 aliphatic carbocycles. The van der Waals surface area contributed by atoms with Crippen molar-refractivity contribution < 1.29 is 4.74 Å². The zero-order chi connectivity index (χ0) is 16.4. The van der Waals surface area contributed by atoms with Crippen LogP contribution in [0.4, 0.5) is 5.95 Å². The number of benzene rings is 1. The van der Waals surface area contributed by atoms with Crippen LogP contribution in [0.25, 0.3) is 11.0 Å². The SMILES string of the molecule is Cn1c(N2CCC(COc3ccncc3)CC2)nc2ccccc21. The second-order valence-corrected chi connectivity index (χ2v) is 6.38. The van der Waals surface area contributed by atoms with E-state index < -0.39 is 0 Å². The van der Waals surface area contributed by atoms with Gasteiger partial charge in [-0.3, -0.25) is 4.98 Å². The van der Waals surface area contributed by atoms with E-state index in [9.17, 15) is 0 Å². The topological polar surface area (TPSA) is 43.2 Å². The Morgan fingerprint density at radius 1 is 1.08 bits per heavy atom. The molecule has 0 unspecified atom stereocenters. The minimum atomic E-state index is 0.601. The Bertz CT molecular complexity index is 807. The Kier molecular flexibility index (Phi) is 4.07. The van der Waals surface area contributed by atoms with Gasteiger partial charge >= 0.3 is 0 Å². The molecule has 0 saturated carbocycles. The summed E-state index contributed by atoms with van der Waals surface area (Å²) in [5, 5.41) is 0. The molecular formula is C19H22N4O. The Balaban J connectivity index is 1.38. The standard InChI is InChI=1S/C19H22N4O/c1-22-18-5-3-2-4-17(18)21-19(22)23-12-8-15(9-13-23)14-24-16-6-10-20-11-7-16/h2-7,10-11,15H,8-9,12-14H2,1H3. The first kappa shape index (κ1) is 15.0. The molecule has 0 spiro atoms. The average Bonchev–Trinajstić information content (AvgIpc) is 2.98. The third kappa shape index (κ3) is 2.94. The van der Waals surface area contributed by atoms with E-state index in [1.807, 2.05) is 18.2 Å². The second-order valence-electron chi connectivity index (χ2n) is 6.38. The lowest BCUT2D eigenvalue weighted by Gasteiger charge is -2.32. The fourth-order valence-corrected chi connectivity index (χ4v) is 3.36. The number of rotatable bonds is 4. The van der Waals surface area contributed by atoms with E-state index in [-0.39, 0.29) is 0 Å². The summed E-state index contributed by atoms with van der Waals surface area (Å²) in [5.41, 5.74) is 2.26. The van der Waals surface area contributed by atoms with Crippen LogP contribution in [0.3, 0.4) is 0 Å². The number of aryl methyl sites for hydroxylation is 1. The summed E-state index contributed by atoms with van der Waals surface area (Å²) in [6, 6.07) is 12.1. The summed E-state index contributed by atoms with van der Waals surface area (Å²) < 4.78 is 8.08. The molecule has 0 radical (unpaired) electrons. The number of pyridine rings is 1. The van der Waals surface area contributed by atoms with Gasteiger partial charge in [-0.05, 0) is 43.0 Å². The molecule has 1 aliphatic rings. The van der Waals surface area contributed by atoms with Crippen molar-refractivity contribution >= 4 is 17.0 Å². The van der Waals surface area contributed by atoms with Gasteiger partial charge in [0, 0.05) is 32.5 Å². The molecule has 4 rings (SSSR count). The molecular weight excluding hydrogens is 300 g/mol. The highest BCUT2D eigenvalue weighted by Crippen LogP contribution is 2.26. The predicted molar refractivity (Wildman–Crippen MR) is 95.4 cm³/mol. The summed E-state index contributed by atoms with van der Waals surface area (Å²) in [6.45, 7) is 2.84. The molecule has 0 atom stereocenters. The summed E-state index contributed by atoms with van der Waals surface area (Å²) in [6.07, 6.45) is 5.80. The van der Waals surface area contributed by atoms with Crippen LogP contribution in [0.5, 0.6) is 5.75 Å². The van der Waals surface area contributed by atoms with E-state index in [2.05, 4.69) is 39.7 Å². The summed E-state index contributed by atoms with van der Waals surface area (Å²) in [7, 11) is 2.10. The van der Waals surface area contributed by atoms with Crippen molar-refractivity contribution in [1.82, 2.24) is 14.5 Å². The zero-order valence-corrected chi connectivity index (χ0v) is 13.9. The maximum atomic E-state index is 5.88. The highest BCUT2D eigenvalue weighted by Gasteiger charge is 2.23.